The first-order valence-corrected chi connectivity index (χ1v) is 7.29. The van der Waals surface area contributed by atoms with E-state index in [4.69, 9.17) is 9.47 Å². The van der Waals surface area contributed by atoms with Crippen LogP contribution in [0.3, 0.4) is 0 Å². The molecule has 112 valence electrons. The fourth-order valence-corrected chi connectivity index (χ4v) is 2.09. The van der Waals surface area contributed by atoms with E-state index < -0.39 is 0 Å². The largest absolute Gasteiger partial charge is 0.492 e. The van der Waals surface area contributed by atoms with Gasteiger partial charge in [0, 0.05) is 19.3 Å². The molecular formula is C18H23NO2. The minimum Gasteiger partial charge on any atom is -0.492 e. The van der Waals surface area contributed by atoms with Crippen LogP contribution >= 0.6 is 0 Å². The number of aryl methyl sites for hydroxylation is 1. The predicted molar refractivity (Wildman–Crippen MR) is 87.2 cm³/mol. The number of hydrogen-bond acceptors (Lipinski definition) is 3. The average molecular weight is 285 g/mol. The molecule has 0 aliphatic rings. The van der Waals surface area contributed by atoms with Crippen LogP contribution in [0, 0.1) is 6.92 Å². The smallest absolute Gasteiger partial charge is 0.119 e. The Balaban J connectivity index is 1.71. The van der Waals surface area contributed by atoms with Crippen molar-refractivity contribution in [3.63, 3.8) is 0 Å². The van der Waals surface area contributed by atoms with E-state index in [0.29, 0.717) is 6.61 Å². The minimum atomic E-state index is 0.644. The molecule has 0 aliphatic carbocycles. The minimum absolute atomic E-state index is 0.644. The van der Waals surface area contributed by atoms with Crippen molar-refractivity contribution in [1.82, 2.24) is 0 Å². The first-order valence-electron chi connectivity index (χ1n) is 7.29. The molecule has 0 saturated heterocycles. The van der Waals surface area contributed by atoms with E-state index >= 15 is 0 Å². The van der Waals surface area contributed by atoms with Crippen LogP contribution in [0.1, 0.15) is 11.1 Å². The number of benzene rings is 2. The van der Waals surface area contributed by atoms with Gasteiger partial charge in [0.05, 0.1) is 6.61 Å². The molecule has 3 nitrogen and oxygen atoms in total. The molecule has 0 aliphatic heterocycles. The van der Waals surface area contributed by atoms with Crippen LogP contribution in [0.4, 0.5) is 5.69 Å². The average Bonchev–Trinajstić information content (AvgIpc) is 2.51. The maximum absolute atomic E-state index is 5.72. The zero-order valence-corrected chi connectivity index (χ0v) is 12.8. The third kappa shape index (κ3) is 5.48. The molecule has 0 spiro atoms. The highest BCUT2D eigenvalue weighted by atomic mass is 16.5. The third-order valence-corrected chi connectivity index (χ3v) is 3.24. The van der Waals surface area contributed by atoms with Crippen molar-refractivity contribution < 1.29 is 9.47 Å². The third-order valence-electron chi connectivity index (χ3n) is 3.24. The van der Waals surface area contributed by atoms with Crippen LogP contribution < -0.4 is 10.1 Å². The molecule has 1 N–H and O–H groups in total. The van der Waals surface area contributed by atoms with Crippen molar-refractivity contribution in [1.29, 1.82) is 0 Å². The van der Waals surface area contributed by atoms with Crippen molar-refractivity contribution in [3.05, 3.63) is 59.7 Å². The second kappa shape index (κ2) is 8.32. The van der Waals surface area contributed by atoms with Gasteiger partial charge < -0.3 is 14.8 Å². The molecule has 0 saturated carbocycles. The van der Waals surface area contributed by atoms with Gasteiger partial charge in [-0.05, 0) is 48.7 Å². The maximum Gasteiger partial charge on any atom is 0.119 e. The summed E-state index contributed by atoms with van der Waals surface area (Å²) in [5.74, 6) is 0.905. The van der Waals surface area contributed by atoms with E-state index in [0.717, 1.165) is 31.0 Å². The summed E-state index contributed by atoms with van der Waals surface area (Å²) in [4.78, 5) is 0. The molecule has 0 heterocycles. The lowest BCUT2D eigenvalue weighted by atomic mass is 10.1. The molecule has 21 heavy (non-hydrogen) atoms. The second-order valence-electron chi connectivity index (χ2n) is 5.03. The molecular weight excluding hydrogens is 262 g/mol. The summed E-state index contributed by atoms with van der Waals surface area (Å²) < 4.78 is 10.8. The Kier molecular flexibility index (Phi) is 6.10. The van der Waals surface area contributed by atoms with E-state index in [9.17, 15) is 0 Å². The highest BCUT2D eigenvalue weighted by Crippen LogP contribution is 2.13. The normalized spacial score (nSPS) is 10.4. The number of anilines is 1. The lowest BCUT2D eigenvalue weighted by Crippen LogP contribution is -2.11. The van der Waals surface area contributed by atoms with E-state index in [1.165, 1.54) is 11.1 Å². The topological polar surface area (TPSA) is 30.5 Å². The van der Waals surface area contributed by atoms with Crippen LogP contribution in [-0.4, -0.2) is 26.9 Å². The highest BCUT2D eigenvalue weighted by Gasteiger charge is 1.97. The van der Waals surface area contributed by atoms with Gasteiger partial charge in [-0.3, -0.25) is 0 Å². The van der Waals surface area contributed by atoms with Crippen LogP contribution in [0.5, 0.6) is 5.75 Å². The Hall–Kier alpha value is -2.00. The van der Waals surface area contributed by atoms with Crippen molar-refractivity contribution in [3.8, 4) is 5.75 Å². The molecule has 0 amide bonds. The Labute approximate surface area is 126 Å². The monoisotopic (exact) mass is 285 g/mol. The summed E-state index contributed by atoms with van der Waals surface area (Å²) in [6.45, 7) is 4.27. The summed E-state index contributed by atoms with van der Waals surface area (Å²) >= 11 is 0. The van der Waals surface area contributed by atoms with Gasteiger partial charge >= 0.3 is 0 Å². The Morgan fingerprint density at radius 1 is 1.00 bits per heavy atom. The summed E-state index contributed by atoms with van der Waals surface area (Å²) in [7, 11) is 1.72. The molecule has 0 aromatic heterocycles. The standard InChI is InChI=1S/C18H23NO2/c1-15-4-3-5-17(14-15)19-11-13-21-18-8-6-16(7-9-18)10-12-20-2/h3-9,14,19H,10-13H2,1-2H3. The van der Waals surface area contributed by atoms with Gasteiger partial charge in [0.25, 0.3) is 0 Å². The fraction of sp³-hybridized carbons (Fsp3) is 0.333. The SMILES string of the molecule is COCCc1ccc(OCCNc2cccc(C)c2)cc1. The van der Waals surface area contributed by atoms with E-state index in [1.54, 1.807) is 7.11 Å². The van der Waals surface area contributed by atoms with Gasteiger partial charge in [-0.1, -0.05) is 24.3 Å². The van der Waals surface area contributed by atoms with E-state index in [1.807, 2.05) is 12.1 Å². The fourth-order valence-electron chi connectivity index (χ4n) is 2.09. The molecule has 2 aromatic rings. The summed E-state index contributed by atoms with van der Waals surface area (Å²) in [5.41, 5.74) is 3.66. The Bertz CT molecular complexity index is 537. The molecule has 0 unspecified atom stereocenters. The Morgan fingerprint density at radius 3 is 2.52 bits per heavy atom. The van der Waals surface area contributed by atoms with Crippen LogP contribution in [0.25, 0.3) is 0 Å². The van der Waals surface area contributed by atoms with Crippen molar-refractivity contribution in [2.45, 2.75) is 13.3 Å². The number of nitrogens with one attached hydrogen (secondary N) is 1. The van der Waals surface area contributed by atoms with Gasteiger partial charge in [-0.2, -0.15) is 0 Å². The van der Waals surface area contributed by atoms with Crippen molar-refractivity contribution >= 4 is 5.69 Å². The van der Waals surface area contributed by atoms with Gasteiger partial charge in [0.15, 0.2) is 0 Å². The Morgan fingerprint density at radius 2 is 1.81 bits per heavy atom. The number of hydrogen-bond donors (Lipinski definition) is 1. The number of rotatable bonds is 8. The van der Waals surface area contributed by atoms with E-state index in [2.05, 4.69) is 48.6 Å². The lowest BCUT2D eigenvalue weighted by Gasteiger charge is -2.09. The predicted octanol–water partition coefficient (Wildman–Crippen LogP) is 3.67. The molecule has 0 fully saturated rings. The van der Waals surface area contributed by atoms with Crippen LogP contribution in [0.15, 0.2) is 48.5 Å². The molecule has 2 aromatic carbocycles. The molecule has 0 radical (unpaired) electrons. The number of ether oxygens (including phenoxy) is 2. The second-order valence-corrected chi connectivity index (χ2v) is 5.03. The molecule has 0 bridgehead atoms. The van der Waals surface area contributed by atoms with Gasteiger partial charge in [-0.15, -0.1) is 0 Å². The summed E-state index contributed by atoms with van der Waals surface area (Å²) in [5, 5.41) is 3.35. The highest BCUT2D eigenvalue weighted by molar-refractivity contribution is 5.45. The quantitative estimate of drug-likeness (QED) is 0.751. The first kappa shape index (κ1) is 15.4. The zero-order valence-electron chi connectivity index (χ0n) is 12.8. The van der Waals surface area contributed by atoms with Crippen molar-refractivity contribution in [2.24, 2.45) is 0 Å². The molecule has 2 rings (SSSR count). The van der Waals surface area contributed by atoms with Gasteiger partial charge in [0.1, 0.15) is 12.4 Å². The maximum atomic E-state index is 5.72. The van der Waals surface area contributed by atoms with Gasteiger partial charge in [0.2, 0.25) is 0 Å². The number of methoxy groups -OCH3 is 1. The lowest BCUT2D eigenvalue weighted by molar-refractivity contribution is 0.202. The molecule has 3 heteroatoms. The van der Waals surface area contributed by atoms with Crippen LogP contribution in [0.2, 0.25) is 0 Å². The van der Waals surface area contributed by atoms with E-state index in [-0.39, 0.29) is 0 Å². The van der Waals surface area contributed by atoms with Crippen molar-refractivity contribution in [2.75, 3.05) is 32.2 Å². The van der Waals surface area contributed by atoms with Gasteiger partial charge in [-0.25, -0.2) is 0 Å². The zero-order chi connectivity index (χ0) is 14.9. The summed E-state index contributed by atoms with van der Waals surface area (Å²) in [6, 6.07) is 16.5. The summed E-state index contributed by atoms with van der Waals surface area (Å²) in [6.07, 6.45) is 0.936. The molecule has 0 atom stereocenters. The van der Waals surface area contributed by atoms with Crippen LogP contribution in [-0.2, 0) is 11.2 Å². The first-order chi connectivity index (χ1) is 10.3.